The van der Waals surface area contributed by atoms with Crippen LogP contribution < -0.4 is 9.47 Å². The van der Waals surface area contributed by atoms with Crippen molar-refractivity contribution in [3.05, 3.63) is 90.5 Å². The van der Waals surface area contributed by atoms with Crippen LogP contribution in [0.3, 0.4) is 0 Å². The second-order valence-corrected chi connectivity index (χ2v) is 9.04. The average Bonchev–Trinajstić information content (AvgIpc) is 3.64. The predicted octanol–water partition coefficient (Wildman–Crippen LogP) is 6.14. The number of methoxy groups -OCH3 is 2. The predicted molar refractivity (Wildman–Crippen MR) is 148 cm³/mol. The van der Waals surface area contributed by atoms with Crippen LogP contribution in [0, 0.1) is 11.8 Å². The van der Waals surface area contributed by atoms with Crippen LogP contribution in [0.4, 0.5) is 0 Å². The van der Waals surface area contributed by atoms with Crippen LogP contribution in [0.1, 0.15) is 11.1 Å². The van der Waals surface area contributed by atoms with Crippen molar-refractivity contribution in [2.45, 2.75) is 0 Å². The molecular formula is C31H26N4O2. The maximum Gasteiger partial charge on any atom is 0.123 e. The maximum absolute atomic E-state index is 5.45. The van der Waals surface area contributed by atoms with Gasteiger partial charge >= 0.3 is 0 Å². The molecule has 6 aromatic rings. The van der Waals surface area contributed by atoms with Gasteiger partial charge in [-0.3, -0.25) is 0 Å². The Labute approximate surface area is 215 Å². The second kappa shape index (κ2) is 8.96. The van der Waals surface area contributed by atoms with E-state index >= 15 is 0 Å². The molecule has 3 heterocycles. The first-order valence-corrected chi connectivity index (χ1v) is 12.0. The Kier molecular flexibility index (Phi) is 5.46. The minimum Gasteiger partial charge on any atom is -0.497 e. The Morgan fingerprint density at radius 1 is 0.838 bits per heavy atom. The first-order chi connectivity index (χ1) is 18.1. The van der Waals surface area contributed by atoms with Crippen LogP contribution in [-0.2, 0) is 14.1 Å². The Bertz CT molecular complexity index is 1820. The molecule has 0 saturated heterocycles. The number of fused-ring (bicyclic) bond motifs is 2. The van der Waals surface area contributed by atoms with E-state index in [0.29, 0.717) is 11.5 Å². The SMILES string of the molecule is COc1cc(C#Cc2c(-c3cncn3C)n(C)c3ccc(-c4ccc5[nH]ccc5c4)cc23)cc(OC)c1. The summed E-state index contributed by atoms with van der Waals surface area (Å²) in [7, 11) is 7.37. The fourth-order valence-corrected chi connectivity index (χ4v) is 4.88. The molecule has 37 heavy (non-hydrogen) atoms. The molecular weight excluding hydrogens is 460 g/mol. The van der Waals surface area contributed by atoms with Crippen molar-refractivity contribution in [1.29, 1.82) is 0 Å². The fraction of sp³-hybridized carbons (Fsp3) is 0.129. The molecule has 0 aliphatic heterocycles. The summed E-state index contributed by atoms with van der Waals surface area (Å²) in [5, 5.41) is 2.28. The summed E-state index contributed by atoms with van der Waals surface area (Å²) < 4.78 is 15.1. The number of aromatic amines is 1. The van der Waals surface area contributed by atoms with E-state index in [4.69, 9.17) is 9.47 Å². The quantitative estimate of drug-likeness (QED) is 0.304. The molecule has 0 amide bonds. The van der Waals surface area contributed by atoms with Crippen LogP contribution in [0.15, 0.2) is 79.4 Å². The topological polar surface area (TPSA) is 57.0 Å². The monoisotopic (exact) mass is 486 g/mol. The summed E-state index contributed by atoms with van der Waals surface area (Å²) in [5.74, 6) is 8.26. The van der Waals surface area contributed by atoms with Crippen molar-refractivity contribution < 1.29 is 9.47 Å². The average molecular weight is 487 g/mol. The van der Waals surface area contributed by atoms with Gasteiger partial charge in [-0.15, -0.1) is 0 Å². The number of nitrogens with one attached hydrogen (secondary N) is 1. The van der Waals surface area contributed by atoms with Gasteiger partial charge in [0.15, 0.2) is 0 Å². The molecule has 3 aromatic heterocycles. The van der Waals surface area contributed by atoms with E-state index in [1.807, 2.05) is 48.5 Å². The number of rotatable bonds is 4. The van der Waals surface area contributed by atoms with Crippen LogP contribution >= 0.6 is 0 Å². The minimum absolute atomic E-state index is 0.705. The standard InChI is InChI=1S/C31H26N4O2/c1-34-19-32-18-30(34)31-26(8-5-20-13-24(36-3)17-25(14-20)37-4)27-16-22(7-10-29(27)35(31)2)21-6-9-28-23(15-21)11-12-33-28/h6-7,9-19,33H,1-4H3. The lowest BCUT2D eigenvalue weighted by Crippen LogP contribution is -1.97. The number of nitrogens with zero attached hydrogens (tertiary/aromatic N) is 3. The zero-order valence-electron chi connectivity index (χ0n) is 21.2. The van der Waals surface area contributed by atoms with E-state index < -0.39 is 0 Å². The molecule has 0 aliphatic carbocycles. The lowest BCUT2D eigenvalue weighted by atomic mass is 10.0. The van der Waals surface area contributed by atoms with E-state index in [1.165, 1.54) is 5.39 Å². The number of aryl methyl sites for hydroxylation is 2. The van der Waals surface area contributed by atoms with Crippen molar-refractivity contribution in [1.82, 2.24) is 19.1 Å². The van der Waals surface area contributed by atoms with Gasteiger partial charge in [0.25, 0.3) is 0 Å². The second-order valence-electron chi connectivity index (χ2n) is 9.04. The lowest BCUT2D eigenvalue weighted by Gasteiger charge is -2.06. The number of benzene rings is 3. The summed E-state index contributed by atoms with van der Waals surface area (Å²) >= 11 is 0. The van der Waals surface area contributed by atoms with Gasteiger partial charge in [-0.2, -0.15) is 0 Å². The molecule has 0 atom stereocenters. The number of H-pyrrole nitrogens is 1. The van der Waals surface area contributed by atoms with Gasteiger partial charge in [-0.25, -0.2) is 4.98 Å². The van der Waals surface area contributed by atoms with Crippen molar-refractivity contribution in [2.24, 2.45) is 14.1 Å². The highest BCUT2D eigenvalue weighted by atomic mass is 16.5. The van der Waals surface area contributed by atoms with Crippen LogP contribution in [-0.4, -0.2) is 33.3 Å². The summed E-state index contributed by atoms with van der Waals surface area (Å²) in [5.41, 5.74) is 8.33. The fourth-order valence-electron chi connectivity index (χ4n) is 4.88. The van der Waals surface area contributed by atoms with Crippen molar-refractivity contribution in [3.63, 3.8) is 0 Å². The van der Waals surface area contributed by atoms with E-state index in [0.717, 1.165) is 50.1 Å². The molecule has 1 N–H and O–H groups in total. The molecule has 6 rings (SSSR count). The molecule has 0 fully saturated rings. The third kappa shape index (κ3) is 3.91. The molecule has 0 aliphatic rings. The largest absolute Gasteiger partial charge is 0.497 e. The molecule has 0 unspecified atom stereocenters. The summed E-state index contributed by atoms with van der Waals surface area (Å²) in [6.07, 6.45) is 5.67. The van der Waals surface area contributed by atoms with Gasteiger partial charge in [0, 0.05) is 48.3 Å². The van der Waals surface area contributed by atoms with Crippen molar-refractivity contribution in [3.8, 4) is 45.9 Å². The van der Waals surface area contributed by atoms with Crippen LogP contribution in [0.2, 0.25) is 0 Å². The summed E-state index contributed by atoms with van der Waals surface area (Å²) in [4.78, 5) is 7.64. The van der Waals surface area contributed by atoms with E-state index in [9.17, 15) is 0 Å². The molecule has 0 spiro atoms. The molecule has 0 saturated carbocycles. The molecule has 6 heteroatoms. The molecule has 3 aromatic carbocycles. The first kappa shape index (κ1) is 22.6. The summed E-state index contributed by atoms with van der Waals surface area (Å²) in [6.45, 7) is 0. The normalized spacial score (nSPS) is 11.0. The smallest absolute Gasteiger partial charge is 0.123 e. The number of ether oxygens (including phenoxy) is 2. The number of hydrogen-bond donors (Lipinski definition) is 1. The molecule has 0 radical (unpaired) electrons. The minimum atomic E-state index is 0.705. The zero-order chi connectivity index (χ0) is 25.5. The molecule has 0 bridgehead atoms. The Morgan fingerprint density at radius 3 is 2.32 bits per heavy atom. The van der Waals surface area contributed by atoms with Crippen LogP contribution in [0.5, 0.6) is 11.5 Å². The van der Waals surface area contributed by atoms with Crippen molar-refractivity contribution in [2.75, 3.05) is 14.2 Å². The Morgan fingerprint density at radius 2 is 1.59 bits per heavy atom. The maximum atomic E-state index is 5.45. The third-order valence-electron chi connectivity index (χ3n) is 6.83. The van der Waals surface area contributed by atoms with Gasteiger partial charge in [-0.05, 0) is 59.0 Å². The van der Waals surface area contributed by atoms with Crippen LogP contribution in [0.25, 0.3) is 44.3 Å². The zero-order valence-corrected chi connectivity index (χ0v) is 21.2. The van der Waals surface area contributed by atoms with Crippen molar-refractivity contribution >= 4 is 21.8 Å². The Hall–Kier alpha value is -4.89. The van der Waals surface area contributed by atoms with E-state index in [2.05, 4.69) is 75.9 Å². The van der Waals surface area contributed by atoms with E-state index in [1.54, 1.807) is 14.2 Å². The molecule has 6 nitrogen and oxygen atoms in total. The highest BCUT2D eigenvalue weighted by molar-refractivity contribution is 5.97. The third-order valence-corrected chi connectivity index (χ3v) is 6.83. The Balaban J connectivity index is 1.58. The number of hydrogen-bond acceptors (Lipinski definition) is 3. The van der Waals surface area contributed by atoms with Gasteiger partial charge in [0.2, 0.25) is 0 Å². The molecule has 182 valence electrons. The highest BCUT2D eigenvalue weighted by Crippen LogP contribution is 2.35. The van der Waals surface area contributed by atoms with Gasteiger partial charge in [0.1, 0.15) is 11.5 Å². The lowest BCUT2D eigenvalue weighted by molar-refractivity contribution is 0.394. The van der Waals surface area contributed by atoms with Gasteiger partial charge in [0.05, 0.1) is 43.7 Å². The number of aromatic nitrogens is 4. The summed E-state index contributed by atoms with van der Waals surface area (Å²) in [6, 6.07) is 20.8. The van der Waals surface area contributed by atoms with Gasteiger partial charge < -0.3 is 23.6 Å². The first-order valence-electron chi connectivity index (χ1n) is 12.0. The number of imidazole rings is 1. The highest BCUT2D eigenvalue weighted by Gasteiger charge is 2.19. The van der Waals surface area contributed by atoms with Gasteiger partial charge in [-0.1, -0.05) is 24.0 Å². The van der Waals surface area contributed by atoms with E-state index in [-0.39, 0.29) is 0 Å².